The van der Waals surface area contributed by atoms with E-state index in [1.807, 2.05) is 6.07 Å². The third-order valence-corrected chi connectivity index (χ3v) is 12.8. The molecule has 0 bridgehead atoms. The minimum absolute atomic E-state index is 0.0160. The Morgan fingerprint density at radius 1 is 0.959 bits per heavy atom. The summed E-state index contributed by atoms with van der Waals surface area (Å²) in [5, 5.41) is 28.6. The first-order chi connectivity index (χ1) is 34.6. The maximum Gasteiger partial charge on any atom is 0.514 e. The summed E-state index contributed by atoms with van der Waals surface area (Å²) in [5.41, 5.74) is -0.581. The van der Waals surface area contributed by atoms with Crippen LogP contribution in [0.1, 0.15) is 107 Å². The summed E-state index contributed by atoms with van der Waals surface area (Å²) >= 11 is 0. The quantitative estimate of drug-likeness (QED) is 0.0649. The van der Waals surface area contributed by atoms with Gasteiger partial charge in [-0.25, -0.2) is 14.4 Å². The average Bonchev–Trinajstić information content (AvgIpc) is 3.35. The van der Waals surface area contributed by atoms with Crippen molar-refractivity contribution in [1.29, 1.82) is 5.26 Å². The van der Waals surface area contributed by atoms with Gasteiger partial charge in [-0.2, -0.15) is 5.26 Å². The second-order valence-electron chi connectivity index (χ2n) is 19.6. The molecule has 2 aromatic rings. The van der Waals surface area contributed by atoms with Crippen molar-refractivity contribution in [1.82, 2.24) is 25.8 Å². The van der Waals surface area contributed by atoms with Crippen LogP contribution in [0.5, 0.6) is 5.75 Å². The van der Waals surface area contributed by atoms with Gasteiger partial charge in [0.15, 0.2) is 6.10 Å². The van der Waals surface area contributed by atoms with Gasteiger partial charge < -0.3 is 44.7 Å². The number of amides is 5. The third-order valence-electron chi connectivity index (χ3n) is 12.8. The fraction of sp³-hybridized carbons (Fsp3) is 0.528. The van der Waals surface area contributed by atoms with E-state index in [2.05, 4.69) is 16.0 Å². The Morgan fingerprint density at radius 2 is 1.58 bits per heavy atom. The monoisotopic (exact) mass is 1030 g/mol. The molecule has 3 rings (SSSR count). The number of non-ortho nitro benzene ring substituents is 1. The summed E-state index contributed by atoms with van der Waals surface area (Å²) < 4.78 is 23.1. The van der Waals surface area contributed by atoms with Crippen molar-refractivity contribution in [3.05, 3.63) is 93.1 Å². The molecule has 0 aliphatic carbocycles. The zero-order chi connectivity index (χ0) is 55.8. The van der Waals surface area contributed by atoms with Crippen LogP contribution in [-0.2, 0) is 54.2 Å². The lowest BCUT2D eigenvalue weighted by Gasteiger charge is -2.35. The third kappa shape index (κ3) is 17.3. The molecule has 0 fully saturated rings. The van der Waals surface area contributed by atoms with Gasteiger partial charge in [-0.3, -0.25) is 34.1 Å². The summed E-state index contributed by atoms with van der Waals surface area (Å²) in [4.78, 5) is 125. The summed E-state index contributed by atoms with van der Waals surface area (Å²) in [6, 6.07) is 9.30. The van der Waals surface area contributed by atoms with E-state index < -0.39 is 113 Å². The van der Waals surface area contributed by atoms with E-state index in [0.717, 1.165) is 21.9 Å². The van der Waals surface area contributed by atoms with E-state index in [1.54, 1.807) is 78.8 Å². The number of benzene rings is 2. The van der Waals surface area contributed by atoms with Gasteiger partial charge in [-0.05, 0) is 95.2 Å². The zero-order valence-corrected chi connectivity index (χ0v) is 44.5. The van der Waals surface area contributed by atoms with Crippen molar-refractivity contribution >= 4 is 53.3 Å². The molecule has 402 valence electrons. The number of nitrogens with zero attached hydrogens (tertiary/aromatic N) is 4. The van der Waals surface area contributed by atoms with Crippen molar-refractivity contribution in [2.45, 2.75) is 144 Å². The van der Waals surface area contributed by atoms with Crippen molar-refractivity contribution in [3.63, 3.8) is 0 Å². The highest BCUT2D eigenvalue weighted by Crippen LogP contribution is 2.28. The number of ether oxygens (including phenoxy) is 4. The predicted octanol–water partition coefficient (Wildman–Crippen LogP) is 5.63. The number of nitrogens with one attached hydrogen (secondary N) is 3. The highest BCUT2D eigenvalue weighted by Gasteiger charge is 2.41. The van der Waals surface area contributed by atoms with E-state index in [-0.39, 0.29) is 42.2 Å². The SMILES string of the molecule is C/C=C(\C)[C@H]1OC(=O)C(C)(C)NC(=O)[C@H]([C@H](C)CC)NC(=O)CN(C)C(=O)[C@@H](Cc2ccc(C#N)cc2)N(C)C(=O)[C@H](C)NC(=O)[C@@H](CC(C)C)OC(=O)/C(C)=C/C[C@H](OC(=O)Oc2ccc([N+](=O)[O-])cc2)[C@@H]1C. The van der Waals surface area contributed by atoms with Crippen LogP contribution in [0, 0.1) is 39.2 Å². The molecular formula is C53H71N7O14. The molecule has 1 heterocycles. The van der Waals surface area contributed by atoms with Gasteiger partial charge in [-0.1, -0.05) is 65.3 Å². The first-order valence-corrected chi connectivity index (χ1v) is 24.4. The number of nitriles is 1. The number of cyclic esters (lactones) is 2. The molecule has 8 atom stereocenters. The maximum absolute atomic E-state index is 14.4. The van der Waals surface area contributed by atoms with E-state index in [0.29, 0.717) is 23.1 Å². The summed E-state index contributed by atoms with van der Waals surface area (Å²) in [6.45, 7) is 17.2. The number of nitro groups is 1. The van der Waals surface area contributed by atoms with Crippen LogP contribution in [0.15, 0.2) is 71.8 Å². The minimum atomic E-state index is -1.74. The van der Waals surface area contributed by atoms with E-state index >= 15 is 0 Å². The Labute approximate surface area is 432 Å². The number of likely N-dealkylation sites (N-methyl/N-ethyl adjacent to an activating group) is 2. The molecule has 0 aromatic heterocycles. The molecule has 2 aromatic carbocycles. The largest absolute Gasteiger partial charge is 0.514 e. The molecular weight excluding hydrogens is 959 g/mol. The molecule has 21 nitrogen and oxygen atoms in total. The van der Waals surface area contributed by atoms with Crippen LogP contribution in [0.4, 0.5) is 10.5 Å². The molecule has 1 aliphatic heterocycles. The Bertz CT molecular complexity index is 2480. The van der Waals surface area contributed by atoms with Gasteiger partial charge >= 0.3 is 18.1 Å². The Kier molecular flexibility index (Phi) is 22.5. The van der Waals surface area contributed by atoms with Gasteiger partial charge in [-0.15, -0.1) is 0 Å². The molecule has 74 heavy (non-hydrogen) atoms. The van der Waals surface area contributed by atoms with Crippen LogP contribution < -0.4 is 20.7 Å². The molecule has 0 unspecified atom stereocenters. The smallest absolute Gasteiger partial charge is 0.456 e. The van der Waals surface area contributed by atoms with Crippen molar-refractivity contribution < 1.29 is 62.2 Å². The normalized spacial score (nSPS) is 24.7. The van der Waals surface area contributed by atoms with Gasteiger partial charge in [0, 0.05) is 50.6 Å². The highest BCUT2D eigenvalue weighted by atomic mass is 16.7. The first-order valence-electron chi connectivity index (χ1n) is 24.4. The number of carbonyl (C=O) groups excluding carboxylic acids is 8. The van der Waals surface area contributed by atoms with E-state index in [4.69, 9.17) is 18.9 Å². The minimum Gasteiger partial charge on any atom is -0.456 e. The molecule has 1 aliphatic rings. The molecule has 5 amide bonds. The number of hydrogen-bond acceptors (Lipinski definition) is 15. The number of rotatable bonds is 10. The Morgan fingerprint density at radius 3 is 2.14 bits per heavy atom. The Balaban J connectivity index is 2.17. The van der Waals surface area contributed by atoms with Crippen molar-refractivity contribution in [2.75, 3.05) is 20.6 Å². The standard InChI is InChI=1S/C53H71N7O14/c1-14-31(5)44-47(63)57-53(10,11)51(67)74-45(32(6)15-2)34(8)41(73-52(68)71-39-23-21-38(22-24-39)60(69)70)25-16-33(7)50(66)72-42(26-30(3)4)46(62)55-35(9)48(64)59(13)40(49(65)58(12)29-43(61)56-44)27-36-17-19-37(28-54)20-18-36/h15-24,30-31,34-35,40-42,44-45H,14,25-27,29H2,1-13H3,(H,55,62)(H,56,61)(H,57,63)/b32-15+,33-16+/t31-,34+,35+,40-,41+,42-,44+,45-/m1/s1. The fourth-order valence-corrected chi connectivity index (χ4v) is 7.78. The van der Waals surface area contributed by atoms with Crippen molar-refractivity contribution in [2.24, 2.45) is 17.8 Å². The summed E-state index contributed by atoms with van der Waals surface area (Å²) in [7, 11) is 2.72. The molecule has 0 radical (unpaired) electrons. The van der Waals surface area contributed by atoms with Crippen LogP contribution in [0.3, 0.4) is 0 Å². The zero-order valence-electron chi connectivity index (χ0n) is 44.5. The Hall–Kier alpha value is -7.63. The summed E-state index contributed by atoms with van der Waals surface area (Å²) in [5.74, 6) is -7.16. The van der Waals surface area contributed by atoms with Crippen molar-refractivity contribution in [3.8, 4) is 11.8 Å². The van der Waals surface area contributed by atoms with Crippen LogP contribution >= 0.6 is 0 Å². The lowest BCUT2D eigenvalue weighted by molar-refractivity contribution is -0.384. The average molecular weight is 1030 g/mol. The second-order valence-corrected chi connectivity index (χ2v) is 19.6. The van der Waals surface area contributed by atoms with Crippen LogP contribution in [-0.4, -0.2) is 125 Å². The lowest BCUT2D eigenvalue weighted by atomic mass is 9.90. The van der Waals surface area contributed by atoms with Crippen LogP contribution in [0.25, 0.3) is 0 Å². The molecule has 0 saturated heterocycles. The summed E-state index contributed by atoms with van der Waals surface area (Å²) in [6.07, 6.45) is -1.77. The molecule has 21 heteroatoms. The first kappa shape index (κ1) is 60.7. The van der Waals surface area contributed by atoms with Gasteiger partial charge in [0.25, 0.3) is 11.6 Å². The molecule has 0 spiro atoms. The topological polar surface area (TPSA) is 283 Å². The number of carbonyl (C=O) groups is 8. The highest BCUT2D eigenvalue weighted by molar-refractivity contribution is 5.96. The van der Waals surface area contributed by atoms with Crippen LogP contribution in [0.2, 0.25) is 0 Å². The number of nitro benzene ring substituents is 1. The number of esters is 2. The number of hydrogen-bond donors (Lipinski definition) is 3. The second kappa shape index (κ2) is 27.4. The van der Waals surface area contributed by atoms with Gasteiger partial charge in [0.2, 0.25) is 23.6 Å². The number of allylic oxidation sites excluding steroid dienone is 1. The van der Waals surface area contributed by atoms with E-state index in [1.165, 1.54) is 60.0 Å². The predicted molar refractivity (Wildman–Crippen MR) is 270 cm³/mol. The molecule has 3 N–H and O–H groups in total. The maximum atomic E-state index is 14.4. The van der Waals surface area contributed by atoms with E-state index in [9.17, 15) is 53.7 Å². The lowest BCUT2D eigenvalue weighted by Crippen LogP contribution is -2.60. The van der Waals surface area contributed by atoms with Gasteiger partial charge in [0.05, 0.1) is 23.1 Å². The molecule has 0 saturated carbocycles. The van der Waals surface area contributed by atoms with Gasteiger partial charge in [0.1, 0.15) is 41.6 Å². The fourth-order valence-electron chi connectivity index (χ4n) is 7.78.